The molecule has 22 aromatic rings. The van der Waals surface area contributed by atoms with Gasteiger partial charge in [-0.1, -0.05) is 291 Å². The molecule has 17 aromatic carbocycles. The molecule has 0 saturated heterocycles. The minimum Gasteiger partial charge on any atom is -0.456 e. The summed E-state index contributed by atoms with van der Waals surface area (Å²) >= 11 is 0. The monoisotopic (exact) mass is 1350 g/mol. The number of benzene rings is 17. The van der Waals surface area contributed by atoms with E-state index in [0.29, 0.717) is 17.5 Å². The molecule has 7 nitrogen and oxygen atoms in total. The molecular weight excluding hydrogens is 1290 g/mol. The maximum atomic E-state index is 6.21. The van der Waals surface area contributed by atoms with Crippen molar-refractivity contribution in [1.29, 1.82) is 0 Å². The minimum atomic E-state index is 0.625. The van der Waals surface area contributed by atoms with Crippen molar-refractivity contribution in [2.24, 2.45) is 0 Å². The van der Waals surface area contributed by atoms with Gasteiger partial charge in [-0.05, 0) is 140 Å². The second kappa shape index (κ2) is 24.8. The molecule has 0 aliphatic carbocycles. The van der Waals surface area contributed by atoms with Crippen LogP contribution >= 0.6 is 0 Å². The van der Waals surface area contributed by atoms with Crippen LogP contribution in [0.4, 0.5) is 0 Å². The van der Waals surface area contributed by atoms with Gasteiger partial charge in [-0.3, -0.25) is 0 Å². The Morgan fingerprint density at radius 2 is 0.689 bits per heavy atom. The first-order chi connectivity index (χ1) is 52.6. The van der Waals surface area contributed by atoms with Crippen LogP contribution < -0.4 is 0 Å². The summed E-state index contributed by atoms with van der Waals surface area (Å²) in [7, 11) is 0. The summed E-state index contributed by atoms with van der Waals surface area (Å²) in [6, 6.07) is 134. The molecule has 494 valence electrons. The van der Waals surface area contributed by atoms with Crippen LogP contribution in [0.25, 0.3) is 204 Å². The Kier molecular flexibility index (Phi) is 14.1. The molecule has 0 N–H and O–H groups in total. The highest BCUT2D eigenvalue weighted by Crippen LogP contribution is 2.45. The Bertz CT molecular complexity index is 7230. The fourth-order valence-electron chi connectivity index (χ4n) is 16.5. The van der Waals surface area contributed by atoms with Crippen LogP contribution in [0, 0.1) is 0 Å². The average Bonchev–Trinajstić information content (AvgIpc) is 1.55. The highest BCUT2D eigenvalue weighted by Gasteiger charge is 2.24. The van der Waals surface area contributed by atoms with E-state index in [0.717, 1.165) is 83.2 Å². The van der Waals surface area contributed by atoms with Gasteiger partial charge in [0.05, 0.1) is 38.8 Å². The summed E-state index contributed by atoms with van der Waals surface area (Å²) in [5.74, 6) is 1.88. The quantitative estimate of drug-likeness (QED) is 0.144. The van der Waals surface area contributed by atoms with Gasteiger partial charge in [-0.25, -0.2) is 15.0 Å². The summed E-state index contributed by atoms with van der Waals surface area (Å²) in [5.41, 5.74) is 22.1. The molecule has 0 saturated carbocycles. The van der Waals surface area contributed by atoms with Gasteiger partial charge in [0.2, 0.25) is 0 Å². The van der Waals surface area contributed by atoms with Crippen molar-refractivity contribution < 1.29 is 4.42 Å². The zero-order valence-corrected chi connectivity index (χ0v) is 57.4. The number of nitrogens with zero attached hydrogens (tertiary/aromatic N) is 6. The fourth-order valence-corrected chi connectivity index (χ4v) is 16.5. The highest BCUT2D eigenvalue weighted by atomic mass is 16.3. The van der Waals surface area contributed by atoms with Crippen LogP contribution in [0.15, 0.2) is 381 Å². The van der Waals surface area contributed by atoms with E-state index in [9.17, 15) is 0 Å². The molecule has 5 heterocycles. The number of hydrogen-bond donors (Lipinski definition) is 0. The molecular formula is C99H62N6O. The lowest BCUT2D eigenvalue weighted by atomic mass is 9.98. The van der Waals surface area contributed by atoms with Crippen LogP contribution in [0.2, 0.25) is 0 Å². The number of fused-ring (bicyclic) bond motifs is 16. The summed E-state index contributed by atoms with van der Waals surface area (Å²) in [5, 5.41) is 16.9. The van der Waals surface area contributed by atoms with Crippen LogP contribution in [-0.2, 0) is 0 Å². The van der Waals surface area contributed by atoms with Gasteiger partial charge in [0, 0.05) is 81.9 Å². The zero-order valence-electron chi connectivity index (χ0n) is 57.4. The van der Waals surface area contributed by atoms with Crippen molar-refractivity contribution >= 4 is 120 Å². The Labute approximate surface area is 609 Å². The van der Waals surface area contributed by atoms with Gasteiger partial charge in [-0.2, -0.15) is 0 Å². The van der Waals surface area contributed by atoms with Crippen LogP contribution in [-0.4, -0.2) is 28.7 Å². The Balaban J connectivity index is 0.000000138. The van der Waals surface area contributed by atoms with Crippen LogP contribution in [0.3, 0.4) is 0 Å². The maximum Gasteiger partial charge on any atom is 0.164 e. The number of rotatable bonds is 9. The molecule has 0 bridgehead atoms. The molecule has 7 heteroatoms. The lowest BCUT2D eigenvalue weighted by Crippen LogP contribution is -2.02. The Morgan fingerprint density at radius 3 is 1.43 bits per heavy atom. The first-order valence-electron chi connectivity index (χ1n) is 36.1. The van der Waals surface area contributed by atoms with E-state index in [2.05, 4.69) is 366 Å². The molecule has 0 aliphatic rings. The molecule has 5 aromatic heterocycles. The van der Waals surface area contributed by atoms with Gasteiger partial charge >= 0.3 is 0 Å². The zero-order chi connectivity index (χ0) is 69.8. The number of furan rings is 1. The minimum absolute atomic E-state index is 0.625. The predicted molar refractivity (Wildman–Crippen MR) is 442 cm³/mol. The van der Waals surface area contributed by atoms with E-state index in [-0.39, 0.29) is 0 Å². The van der Waals surface area contributed by atoms with Crippen LogP contribution in [0.1, 0.15) is 0 Å². The first-order valence-corrected chi connectivity index (χ1v) is 36.1. The van der Waals surface area contributed by atoms with Crippen molar-refractivity contribution in [3.63, 3.8) is 0 Å². The van der Waals surface area contributed by atoms with Gasteiger partial charge in [0.1, 0.15) is 11.2 Å². The molecule has 0 fully saturated rings. The van der Waals surface area contributed by atoms with E-state index >= 15 is 0 Å². The molecule has 0 aliphatic heterocycles. The van der Waals surface area contributed by atoms with Crippen molar-refractivity contribution in [1.82, 2.24) is 28.7 Å². The molecule has 0 amide bonds. The standard InChI is InChI=1S/C53H34N4.C46H28N2O/c1-3-15-35(16-4-1)36-27-29-38(30-28-36)51-54-52(45-25-12-9-21-41(45)37-17-5-2-6-18-37)56-53(55-51)46-31-32-49(43-23-11-10-22-42(43)46)57-48-26-14-13-24-44(48)47-33-39-19-7-8-20-40(39)34-50(47)57;1-2-12-31(13-3-1)48-42-28-41-38(27-39(42)36-26-23-29-11-4-5-14-34(29)46(36)48)35-15-6-8-18-40(35)47(41)32-24-21-30(22-25-32)33-17-10-20-44-45(33)37-16-7-9-19-43(37)49-44/h1-34H;1-28H. The highest BCUT2D eigenvalue weighted by molar-refractivity contribution is 6.24. The third kappa shape index (κ3) is 9.93. The lowest BCUT2D eigenvalue weighted by Gasteiger charge is -2.16. The number of aromatic nitrogens is 6. The fraction of sp³-hybridized carbons (Fsp3) is 0. The topological polar surface area (TPSA) is 66.6 Å². The average molecular weight is 1350 g/mol. The molecule has 0 unspecified atom stereocenters. The summed E-state index contributed by atoms with van der Waals surface area (Å²) < 4.78 is 13.5. The molecule has 22 rings (SSSR count). The summed E-state index contributed by atoms with van der Waals surface area (Å²) in [4.78, 5) is 15.7. The summed E-state index contributed by atoms with van der Waals surface area (Å²) in [6.45, 7) is 0. The largest absolute Gasteiger partial charge is 0.456 e. The van der Waals surface area contributed by atoms with E-state index < -0.39 is 0 Å². The summed E-state index contributed by atoms with van der Waals surface area (Å²) in [6.07, 6.45) is 0. The molecule has 0 spiro atoms. The Morgan fingerprint density at radius 1 is 0.208 bits per heavy atom. The van der Waals surface area contributed by atoms with E-state index in [1.807, 2.05) is 24.3 Å². The van der Waals surface area contributed by atoms with Crippen molar-refractivity contribution in [3.05, 3.63) is 376 Å². The van der Waals surface area contributed by atoms with Crippen molar-refractivity contribution in [3.8, 4) is 84.6 Å². The van der Waals surface area contributed by atoms with Crippen LogP contribution in [0.5, 0.6) is 0 Å². The van der Waals surface area contributed by atoms with Crippen molar-refractivity contribution in [2.75, 3.05) is 0 Å². The van der Waals surface area contributed by atoms with Gasteiger partial charge in [-0.15, -0.1) is 0 Å². The van der Waals surface area contributed by atoms with Gasteiger partial charge < -0.3 is 18.1 Å². The smallest absolute Gasteiger partial charge is 0.164 e. The molecule has 106 heavy (non-hydrogen) atoms. The van der Waals surface area contributed by atoms with Gasteiger partial charge in [0.15, 0.2) is 17.5 Å². The second-order valence-corrected chi connectivity index (χ2v) is 27.3. The van der Waals surface area contributed by atoms with E-state index in [1.165, 1.54) is 104 Å². The number of hydrogen-bond acceptors (Lipinski definition) is 4. The predicted octanol–water partition coefficient (Wildman–Crippen LogP) is 26.2. The van der Waals surface area contributed by atoms with Gasteiger partial charge in [0.25, 0.3) is 0 Å². The van der Waals surface area contributed by atoms with E-state index in [4.69, 9.17) is 19.4 Å². The second-order valence-electron chi connectivity index (χ2n) is 27.3. The third-order valence-corrected chi connectivity index (χ3v) is 21.4. The molecule has 0 radical (unpaired) electrons. The lowest BCUT2D eigenvalue weighted by molar-refractivity contribution is 0.669. The number of para-hydroxylation sites is 4. The SMILES string of the molecule is c1ccc(-c2ccc(-c3nc(-c4ccccc4-c4ccccc4)nc(-c4ccc(-n5c6ccccc6c6cc7ccccc7cc65)c5ccccc45)n3)cc2)cc1.c1ccc(-n2c3cc4c(cc3c3ccc5ccccc5c32)c2ccccc2n4-c2ccc(-c3cccc4oc5ccccc5c34)cc2)cc1. The third-order valence-electron chi connectivity index (χ3n) is 21.4. The normalized spacial score (nSPS) is 11.8. The van der Waals surface area contributed by atoms with Crippen molar-refractivity contribution in [2.45, 2.75) is 0 Å². The maximum absolute atomic E-state index is 6.21. The molecule has 0 atom stereocenters. The first kappa shape index (κ1) is 60.5. The Hall–Kier alpha value is -14.3. The van der Waals surface area contributed by atoms with E-state index in [1.54, 1.807) is 0 Å².